The lowest BCUT2D eigenvalue weighted by molar-refractivity contribution is 0.0211. The lowest BCUT2D eigenvalue weighted by Gasteiger charge is -2.30. The van der Waals surface area contributed by atoms with E-state index >= 15 is 0 Å². The van der Waals surface area contributed by atoms with Crippen LogP contribution in [0.2, 0.25) is 0 Å². The van der Waals surface area contributed by atoms with Crippen LogP contribution in [-0.4, -0.2) is 60.9 Å². The highest BCUT2D eigenvalue weighted by atomic mass is 16.5. The number of hydrogen-bond donors (Lipinski definition) is 3. The van der Waals surface area contributed by atoms with Gasteiger partial charge in [0.25, 0.3) is 5.91 Å². The summed E-state index contributed by atoms with van der Waals surface area (Å²) >= 11 is 0. The molecule has 0 bridgehead atoms. The van der Waals surface area contributed by atoms with Crippen LogP contribution >= 0.6 is 0 Å². The summed E-state index contributed by atoms with van der Waals surface area (Å²) < 4.78 is 5.16. The molecule has 1 amide bonds. The summed E-state index contributed by atoms with van der Waals surface area (Å²) in [7, 11) is 0. The molecular formula is C22H27N3O3. The zero-order valence-electron chi connectivity index (χ0n) is 15.9. The third-order valence-electron chi connectivity index (χ3n) is 5.31. The minimum atomic E-state index is -0.595. The molecule has 1 atom stereocenters. The summed E-state index contributed by atoms with van der Waals surface area (Å²) in [6.07, 6.45) is 0.406. The van der Waals surface area contributed by atoms with E-state index in [4.69, 9.17) is 4.74 Å². The monoisotopic (exact) mass is 381 g/mol. The number of carbonyl (C=O) groups is 1. The molecule has 0 aromatic heterocycles. The van der Waals surface area contributed by atoms with Crippen LogP contribution in [-0.2, 0) is 17.7 Å². The second-order valence-corrected chi connectivity index (χ2v) is 7.58. The number of ether oxygens (including phenoxy) is 1. The number of carbonyl (C=O) groups excluding carboxylic acids is 1. The first-order chi connectivity index (χ1) is 13.7. The van der Waals surface area contributed by atoms with Gasteiger partial charge in [0.15, 0.2) is 0 Å². The Labute approximate surface area is 165 Å². The first-order valence-electron chi connectivity index (χ1n) is 9.87. The summed E-state index contributed by atoms with van der Waals surface area (Å²) in [4.78, 5) is 14.7. The molecule has 0 saturated carbocycles. The van der Waals surface area contributed by atoms with Crippen molar-refractivity contribution in [2.45, 2.75) is 25.1 Å². The molecule has 2 aliphatic heterocycles. The van der Waals surface area contributed by atoms with Crippen molar-refractivity contribution >= 4 is 11.6 Å². The molecule has 0 radical (unpaired) electrons. The predicted molar refractivity (Wildman–Crippen MR) is 108 cm³/mol. The van der Waals surface area contributed by atoms with Crippen molar-refractivity contribution < 1.29 is 14.6 Å². The minimum absolute atomic E-state index is 0.170. The molecule has 6 nitrogen and oxygen atoms in total. The van der Waals surface area contributed by atoms with Gasteiger partial charge >= 0.3 is 0 Å². The van der Waals surface area contributed by atoms with Crippen LogP contribution in [0.15, 0.2) is 48.5 Å². The van der Waals surface area contributed by atoms with E-state index in [1.807, 2.05) is 18.2 Å². The molecular weight excluding hydrogens is 354 g/mol. The second kappa shape index (κ2) is 8.73. The lowest BCUT2D eigenvalue weighted by Crippen LogP contribution is -2.42. The topological polar surface area (TPSA) is 73.8 Å². The predicted octanol–water partition coefficient (Wildman–Crippen LogP) is 1.65. The number of nitrogens with one attached hydrogen (secondary N) is 2. The molecule has 2 aromatic carbocycles. The van der Waals surface area contributed by atoms with Gasteiger partial charge in [-0.15, -0.1) is 0 Å². The van der Waals surface area contributed by atoms with E-state index in [1.54, 1.807) is 6.07 Å². The van der Waals surface area contributed by atoms with Gasteiger partial charge < -0.3 is 20.5 Å². The maximum atomic E-state index is 12.4. The SMILES string of the molecule is O=C(NCC(O)CN1CCc2ccccc2C1)c1cccc(NC2COC2)c1. The van der Waals surface area contributed by atoms with E-state index in [2.05, 4.69) is 39.8 Å². The molecule has 3 N–H and O–H groups in total. The average Bonchev–Trinajstić information content (AvgIpc) is 2.69. The Hall–Kier alpha value is -2.41. The standard InChI is InChI=1S/C22H27N3O3/c26-21(13-25-9-8-16-4-1-2-5-18(16)12-25)11-23-22(27)17-6-3-7-19(10-17)24-20-14-28-15-20/h1-7,10,20-21,24,26H,8-9,11-15H2,(H,23,27). The summed E-state index contributed by atoms with van der Waals surface area (Å²) in [6.45, 7) is 3.97. The van der Waals surface area contributed by atoms with Crippen molar-refractivity contribution in [1.82, 2.24) is 10.2 Å². The van der Waals surface area contributed by atoms with Gasteiger partial charge in [-0.3, -0.25) is 9.69 Å². The maximum absolute atomic E-state index is 12.4. The Balaban J connectivity index is 1.25. The van der Waals surface area contributed by atoms with Crippen molar-refractivity contribution in [2.24, 2.45) is 0 Å². The van der Waals surface area contributed by atoms with Gasteiger partial charge in [0, 0.05) is 37.4 Å². The third-order valence-corrected chi connectivity index (χ3v) is 5.31. The zero-order valence-corrected chi connectivity index (χ0v) is 15.9. The molecule has 0 aliphatic carbocycles. The number of rotatable bonds is 7. The Bertz CT molecular complexity index is 822. The number of nitrogens with zero attached hydrogens (tertiary/aromatic N) is 1. The summed E-state index contributed by atoms with van der Waals surface area (Å²) in [5.41, 5.74) is 4.22. The molecule has 1 unspecified atom stereocenters. The first kappa shape index (κ1) is 18.9. The highest BCUT2D eigenvalue weighted by Crippen LogP contribution is 2.18. The fourth-order valence-corrected chi connectivity index (χ4v) is 3.69. The van der Waals surface area contributed by atoms with Gasteiger partial charge in [-0.1, -0.05) is 30.3 Å². The number of β-amino-alcohol motifs (C(OH)–C–C–N with tert-alkyl or cyclic N) is 1. The number of aliphatic hydroxyl groups excluding tert-OH is 1. The van der Waals surface area contributed by atoms with Crippen molar-refractivity contribution in [3.8, 4) is 0 Å². The molecule has 148 valence electrons. The van der Waals surface area contributed by atoms with Gasteiger partial charge in [0.1, 0.15) is 0 Å². The highest BCUT2D eigenvalue weighted by Gasteiger charge is 2.20. The van der Waals surface area contributed by atoms with E-state index in [0.717, 1.165) is 25.2 Å². The largest absolute Gasteiger partial charge is 0.390 e. The van der Waals surface area contributed by atoms with E-state index in [0.29, 0.717) is 31.4 Å². The molecule has 2 aromatic rings. The van der Waals surface area contributed by atoms with Crippen LogP contribution in [0.4, 0.5) is 5.69 Å². The number of benzene rings is 2. The van der Waals surface area contributed by atoms with Gasteiger partial charge in [0.05, 0.1) is 25.4 Å². The van der Waals surface area contributed by atoms with Crippen LogP contribution in [0, 0.1) is 0 Å². The van der Waals surface area contributed by atoms with Gasteiger partial charge in [-0.2, -0.15) is 0 Å². The molecule has 0 spiro atoms. The van der Waals surface area contributed by atoms with Crippen LogP contribution in [0.3, 0.4) is 0 Å². The van der Waals surface area contributed by atoms with Crippen molar-refractivity contribution in [3.63, 3.8) is 0 Å². The van der Waals surface area contributed by atoms with E-state index in [9.17, 15) is 9.90 Å². The lowest BCUT2D eigenvalue weighted by atomic mass is 10.00. The molecule has 6 heteroatoms. The zero-order chi connectivity index (χ0) is 19.3. The van der Waals surface area contributed by atoms with Crippen LogP contribution in [0.5, 0.6) is 0 Å². The minimum Gasteiger partial charge on any atom is -0.390 e. The maximum Gasteiger partial charge on any atom is 0.251 e. The first-order valence-corrected chi connectivity index (χ1v) is 9.87. The fraction of sp³-hybridized carbons (Fsp3) is 0.409. The van der Waals surface area contributed by atoms with Crippen LogP contribution < -0.4 is 10.6 Å². The van der Waals surface area contributed by atoms with E-state index in [-0.39, 0.29) is 12.5 Å². The number of anilines is 1. The molecule has 1 fully saturated rings. The Kier molecular flexibility index (Phi) is 5.90. The number of amides is 1. The normalized spacial score (nSPS) is 18.0. The Morgan fingerprint density at radius 2 is 2.00 bits per heavy atom. The molecule has 4 rings (SSSR count). The highest BCUT2D eigenvalue weighted by molar-refractivity contribution is 5.95. The average molecular weight is 381 g/mol. The van der Waals surface area contributed by atoms with Crippen molar-refractivity contribution in [3.05, 3.63) is 65.2 Å². The number of aliphatic hydroxyl groups is 1. The number of fused-ring (bicyclic) bond motifs is 1. The van der Waals surface area contributed by atoms with Gasteiger partial charge in [-0.25, -0.2) is 0 Å². The Morgan fingerprint density at radius 3 is 2.79 bits per heavy atom. The summed E-state index contributed by atoms with van der Waals surface area (Å²) in [5.74, 6) is -0.170. The van der Waals surface area contributed by atoms with E-state index in [1.165, 1.54) is 11.1 Å². The van der Waals surface area contributed by atoms with Gasteiger partial charge in [-0.05, 0) is 35.7 Å². The number of hydrogen-bond acceptors (Lipinski definition) is 5. The fourth-order valence-electron chi connectivity index (χ4n) is 3.69. The summed E-state index contributed by atoms with van der Waals surface area (Å²) in [6, 6.07) is 16.2. The van der Waals surface area contributed by atoms with Crippen molar-refractivity contribution in [2.75, 3.05) is 38.2 Å². The third kappa shape index (κ3) is 4.70. The molecule has 1 saturated heterocycles. The molecule has 28 heavy (non-hydrogen) atoms. The quantitative estimate of drug-likeness (QED) is 0.680. The Morgan fingerprint density at radius 1 is 1.18 bits per heavy atom. The van der Waals surface area contributed by atoms with Crippen molar-refractivity contribution in [1.29, 1.82) is 0 Å². The van der Waals surface area contributed by atoms with Crippen LogP contribution in [0.1, 0.15) is 21.5 Å². The second-order valence-electron chi connectivity index (χ2n) is 7.58. The van der Waals surface area contributed by atoms with E-state index < -0.39 is 6.10 Å². The molecule has 2 aliphatic rings. The van der Waals surface area contributed by atoms with Gasteiger partial charge in [0.2, 0.25) is 0 Å². The summed E-state index contributed by atoms with van der Waals surface area (Å²) in [5, 5.41) is 16.6. The van der Waals surface area contributed by atoms with Crippen LogP contribution in [0.25, 0.3) is 0 Å². The smallest absolute Gasteiger partial charge is 0.251 e. The molecule has 2 heterocycles.